The Kier molecular flexibility index (Phi) is 4.89. The highest BCUT2D eigenvalue weighted by atomic mass is 19.3. The SMILES string of the molecule is CN1CCCCC1CNCC(F)(F)CO. The van der Waals surface area contributed by atoms with E-state index in [1.54, 1.807) is 0 Å². The van der Waals surface area contributed by atoms with Crippen LogP contribution in [0.2, 0.25) is 0 Å². The number of nitrogens with zero attached hydrogens (tertiary/aromatic N) is 1. The molecule has 0 saturated carbocycles. The fraction of sp³-hybridized carbons (Fsp3) is 1.00. The van der Waals surface area contributed by atoms with E-state index in [4.69, 9.17) is 5.11 Å². The number of rotatable bonds is 5. The summed E-state index contributed by atoms with van der Waals surface area (Å²) in [4.78, 5) is 2.20. The average molecular weight is 222 g/mol. The third-order valence-electron chi connectivity index (χ3n) is 2.92. The fourth-order valence-electron chi connectivity index (χ4n) is 1.88. The number of nitrogens with one attached hydrogen (secondary N) is 1. The predicted octanol–water partition coefficient (Wildman–Crippen LogP) is 0.688. The lowest BCUT2D eigenvalue weighted by Crippen LogP contribution is -2.46. The van der Waals surface area contributed by atoms with Gasteiger partial charge in [-0.15, -0.1) is 0 Å². The number of likely N-dealkylation sites (N-methyl/N-ethyl adjacent to an activating group) is 1. The van der Waals surface area contributed by atoms with Crippen LogP contribution in [0.3, 0.4) is 0 Å². The molecule has 1 aliphatic rings. The van der Waals surface area contributed by atoms with Crippen LogP contribution in [0.25, 0.3) is 0 Å². The van der Waals surface area contributed by atoms with Gasteiger partial charge in [-0.25, -0.2) is 8.78 Å². The van der Waals surface area contributed by atoms with Gasteiger partial charge in [-0.05, 0) is 26.4 Å². The van der Waals surface area contributed by atoms with E-state index in [0.717, 1.165) is 13.0 Å². The summed E-state index contributed by atoms with van der Waals surface area (Å²) >= 11 is 0. The van der Waals surface area contributed by atoms with Crippen LogP contribution in [0.4, 0.5) is 8.78 Å². The van der Waals surface area contributed by atoms with Gasteiger partial charge in [0.15, 0.2) is 0 Å². The van der Waals surface area contributed by atoms with Crippen molar-refractivity contribution in [2.24, 2.45) is 0 Å². The van der Waals surface area contributed by atoms with Crippen molar-refractivity contribution in [2.45, 2.75) is 31.2 Å². The third kappa shape index (κ3) is 4.40. The highest BCUT2D eigenvalue weighted by molar-refractivity contribution is 4.77. The Hall–Kier alpha value is -0.260. The Balaban J connectivity index is 2.19. The molecule has 1 heterocycles. The first-order chi connectivity index (χ1) is 7.05. The quantitative estimate of drug-likeness (QED) is 0.718. The van der Waals surface area contributed by atoms with Gasteiger partial charge in [-0.3, -0.25) is 0 Å². The second-order valence-electron chi connectivity index (χ2n) is 4.28. The van der Waals surface area contributed by atoms with Crippen LogP contribution in [-0.2, 0) is 0 Å². The lowest BCUT2D eigenvalue weighted by atomic mass is 10.0. The van der Waals surface area contributed by atoms with Crippen LogP contribution < -0.4 is 5.32 Å². The van der Waals surface area contributed by atoms with Crippen molar-refractivity contribution in [3.8, 4) is 0 Å². The molecule has 1 atom stereocenters. The average Bonchev–Trinajstić information content (AvgIpc) is 2.21. The molecule has 0 aromatic carbocycles. The molecule has 0 radical (unpaired) electrons. The molecule has 1 unspecified atom stereocenters. The molecule has 1 rings (SSSR count). The third-order valence-corrected chi connectivity index (χ3v) is 2.92. The lowest BCUT2D eigenvalue weighted by Gasteiger charge is -2.32. The van der Waals surface area contributed by atoms with Crippen LogP contribution in [0, 0.1) is 0 Å². The van der Waals surface area contributed by atoms with E-state index in [-0.39, 0.29) is 0 Å². The maximum atomic E-state index is 12.7. The molecule has 15 heavy (non-hydrogen) atoms. The maximum Gasteiger partial charge on any atom is 0.282 e. The summed E-state index contributed by atoms with van der Waals surface area (Å²) in [5, 5.41) is 11.1. The van der Waals surface area contributed by atoms with Crippen molar-refractivity contribution in [1.82, 2.24) is 10.2 Å². The largest absolute Gasteiger partial charge is 0.390 e. The van der Waals surface area contributed by atoms with Gasteiger partial charge in [-0.2, -0.15) is 0 Å². The van der Waals surface area contributed by atoms with E-state index in [1.807, 2.05) is 7.05 Å². The van der Waals surface area contributed by atoms with Gasteiger partial charge in [0.2, 0.25) is 0 Å². The number of aliphatic hydroxyl groups is 1. The maximum absolute atomic E-state index is 12.7. The molecular formula is C10H20F2N2O. The molecular weight excluding hydrogens is 202 g/mol. The summed E-state index contributed by atoms with van der Waals surface area (Å²) in [5.74, 6) is -2.99. The predicted molar refractivity (Wildman–Crippen MR) is 55.2 cm³/mol. The first kappa shape index (κ1) is 12.8. The first-order valence-electron chi connectivity index (χ1n) is 5.45. The Morgan fingerprint density at radius 1 is 1.47 bits per heavy atom. The lowest BCUT2D eigenvalue weighted by molar-refractivity contribution is -0.0484. The number of hydrogen-bond acceptors (Lipinski definition) is 3. The van der Waals surface area contributed by atoms with Crippen molar-refractivity contribution in [2.75, 3.05) is 33.3 Å². The normalized spacial score (nSPS) is 24.4. The monoisotopic (exact) mass is 222 g/mol. The molecule has 2 N–H and O–H groups in total. The Bertz CT molecular complexity index is 190. The molecule has 0 aliphatic carbocycles. The Labute approximate surface area is 89.5 Å². The molecule has 3 nitrogen and oxygen atoms in total. The number of piperidine rings is 1. The van der Waals surface area contributed by atoms with Crippen molar-refractivity contribution in [3.63, 3.8) is 0 Å². The minimum atomic E-state index is -2.99. The van der Waals surface area contributed by atoms with Crippen LogP contribution in [0.5, 0.6) is 0 Å². The molecule has 1 fully saturated rings. The molecule has 0 amide bonds. The van der Waals surface area contributed by atoms with Gasteiger partial charge in [0.1, 0.15) is 6.61 Å². The molecule has 0 spiro atoms. The first-order valence-corrected chi connectivity index (χ1v) is 5.45. The second-order valence-corrected chi connectivity index (χ2v) is 4.28. The van der Waals surface area contributed by atoms with Gasteiger partial charge in [-0.1, -0.05) is 6.42 Å². The van der Waals surface area contributed by atoms with E-state index in [9.17, 15) is 8.78 Å². The Morgan fingerprint density at radius 2 is 2.20 bits per heavy atom. The Morgan fingerprint density at radius 3 is 2.80 bits per heavy atom. The van der Waals surface area contributed by atoms with Crippen molar-refractivity contribution in [1.29, 1.82) is 0 Å². The number of alkyl halides is 2. The van der Waals surface area contributed by atoms with Crippen molar-refractivity contribution in [3.05, 3.63) is 0 Å². The minimum absolute atomic E-state index is 0.355. The zero-order valence-electron chi connectivity index (χ0n) is 9.18. The smallest absolute Gasteiger partial charge is 0.282 e. The molecule has 0 bridgehead atoms. The van der Waals surface area contributed by atoms with Gasteiger partial charge < -0.3 is 15.3 Å². The van der Waals surface area contributed by atoms with Gasteiger partial charge in [0.25, 0.3) is 5.92 Å². The van der Waals surface area contributed by atoms with Crippen LogP contribution in [0.1, 0.15) is 19.3 Å². The molecule has 5 heteroatoms. The van der Waals surface area contributed by atoms with Gasteiger partial charge in [0, 0.05) is 12.6 Å². The molecule has 90 valence electrons. The van der Waals surface area contributed by atoms with E-state index in [0.29, 0.717) is 12.6 Å². The summed E-state index contributed by atoms with van der Waals surface area (Å²) in [6.07, 6.45) is 3.43. The summed E-state index contributed by atoms with van der Waals surface area (Å²) in [7, 11) is 2.02. The van der Waals surface area contributed by atoms with E-state index < -0.39 is 19.1 Å². The van der Waals surface area contributed by atoms with Crippen LogP contribution >= 0.6 is 0 Å². The summed E-state index contributed by atoms with van der Waals surface area (Å²) < 4.78 is 25.4. The van der Waals surface area contributed by atoms with Crippen molar-refractivity contribution >= 4 is 0 Å². The summed E-state index contributed by atoms with van der Waals surface area (Å²) in [6.45, 7) is 0.100. The highest BCUT2D eigenvalue weighted by Crippen LogP contribution is 2.15. The zero-order valence-corrected chi connectivity index (χ0v) is 9.18. The summed E-state index contributed by atoms with van der Waals surface area (Å²) in [6, 6.07) is 0.355. The number of halogens is 2. The summed E-state index contributed by atoms with van der Waals surface area (Å²) in [5.41, 5.74) is 0. The van der Waals surface area contributed by atoms with Gasteiger partial charge in [0.05, 0.1) is 6.54 Å². The number of likely N-dealkylation sites (tertiary alicyclic amines) is 1. The molecule has 0 aromatic rings. The van der Waals surface area contributed by atoms with Crippen LogP contribution in [-0.4, -0.2) is 55.3 Å². The molecule has 1 saturated heterocycles. The second kappa shape index (κ2) is 5.72. The molecule has 1 aliphatic heterocycles. The topological polar surface area (TPSA) is 35.5 Å². The minimum Gasteiger partial charge on any atom is -0.390 e. The molecule has 0 aromatic heterocycles. The van der Waals surface area contributed by atoms with E-state index >= 15 is 0 Å². The standard InChI is InChI=1S/C10H20F2N2O/c1-14-5-3-2-4-9(14)6-13-7-10(11,12)8-15/h9,13,15H,2-8H2,1H3. The van der Waals surface area contributed by atoms with E-state index in [2.05, 4.69) is 10.2 Å². The van der Waals surface area contributed by atoms with E-state index in [1.165, 1.54) is 12.8 Å². The fourth-order valence-corrected chi connectivity index (χ4v) is 1.88. The number of aliphatic hydroxyl groups excluding tert-OH is 1. The van der Waals surface area contributed by atoms with Crippen molar-refractivity contribution < 1.29 is 13.9 Å². The van der Waals surface area contributed by atoms with Gasteiger partial charge >= 0.3 is 0 Å². The zero-order chi connectivity index (χ0) is 11.3. The number of hydrogen-bond donors (Lipinski definition) is 2. The van der Waals surface area contributed by atoms with Crippen LogP contribution in [0.15, 0.2) is 0 Å². The highest BCUT2D eigenvalue weighted by Gasteiger charge is 2.28.